The number of phenols is 1. The van der Waals surface area contributed by atoms with Crippen LogP contribution in [0, 0.1) is 0 Å². The van der Waals surface area contributed by atoms with E-state index >= 15 is 0 Å². The lowest BCUT2D eigenvalue weighted by Crippen LogP contribution is -2.12. The van der Waals surface area contributed by atoms with Crippen molar-refractivity contribution in [1.29, 1.82) is 0 Å². The van der Waals surface area contributed by atoms with Gasteiger partial charge in [-0.15, -0.1) is 0 Å². The Morgan fingerprint density at radius 2 is 1.52 bits per heavy atom. The molecule has 1 aromatic heterocycles. The molecule has 3 aromatic carbocycles. The Kier molecular flexibility index (Phi) is 3.97. The molecule has 4 aromatic rings. The highest BCUT2D eigenvalue weighted by Gasteiger charge is 2.21. The van der Waals surface area contributed by atoms with E-state index in [0.29, 0.717) is 10.9 Å². The molecule has 0 radical (unpaired) electrons. The van der Waals surface area contributed by atoms with Crippen molar-refractivity contribution in [1.82, 2.24) is 4.57 Å². The predicted molar refractivity (Wildman–Crippen MR) is 102 cm³/mol. The molecular formula is C22H15NO4. The Morgan fingerprint density at radius 3 is 2.19 bits per heavy atom. The minimum atomic E-state index is -1.50. The molecule has 0 atom stereocenters. The fourth-order valence-electron chi connectivity index (χ4n) is 3.16. The van der Waals surface area contributed by atoms with E-state index in [1.165, 1.54) is 18.3 Å². The number of benzene rings is 3. The topological polar surface area (TPSA) is 79.5 Å². The largest absolute Gasteiger partial charge is 0.508 e. The lowest BCUT2D eigenvalue weighted by atomic mass is 10.0. The van der Waals surface area contributed by atoms with E-state index in [9.17, 15) is 19.8 Å². The predicted octanol–water partition coefficient (Wildman–Crippen LogP) is 4.27. The minimum Gasteiger partial charge on any atom is -0.508 e. The Hall–Kier alpha value is -3.86. The van der Waals surface area contributed by atoms with Gasteiger partial charge in [0.15, 0.2) is 0 Å². The SMILES string of the molecule is O=C(O)C(=O)c1cn(-c2ccc(O)cc2)c2ccc(-c3ccccc3)cc12. The molecule has 0 amide bonds. The maximum atomic E-state index is 12.3. The summed E-state index contributed by atoms with van der Waals surface area (Å²) in [5, 5.41) is 19.3. The second kappa shape index (κ2) is 6.46. The van der Waals surface area contributed by atoms with Gasteiger partial charge >= 0.3 is 5.97 Å². The van der Waals surface area contributed by atoms with Crippen LogP contribution in [0.15, 0.2) is 79.0 Å². The average molecular weight is 357 g/mol. The number of nitrogens with zero attached hydrogens (tertiary/aromatic N) is 1. The van der Waals surface area contributed by atoms with Crippen LogP contribution >= 0.6 is 0 Å². The summed E-state index contributed by atoms with van der Waals surface area (Å²) in [5.41, 5.74) is 3.43. The Morgan fingerprint density at radius 1 is 0.815 bits per heavy atom. The maximum Gasteiger partial charge on any atom is 0.377 e. The molecule has 0 bridgehead atoms. The van der Waals surface area contributed by atoms with Crippen LogP contribution in [0.1, 0.15) is 10.4 Å². The number of carboxylic acid groups (broad SMARTS) is 1. The zero-order valence-corrected chi connectivity index (χ0v) is 14.2. The van der Waals surface area contributed by atoms with Gasteiger partial charge in [0.2, 0.25) is 0 Å². The number of carboxylic acids is 1. The normalized spacial score (nSPS) is 10.8. The van der Waals surface area contributed by atoms with E-state index < -0.39 is 11.8 Å². The van der Waals surface area contributed by atoms with Crippen molar-refractivity contribution < 1.29 is 19.8 Å². The summed E-state index contributed by atoms with van der Waals surface area (Å²) in [7, 11) is 0. The van der Waals surface area contributed by atoms with Gasteiger partial charge in [-0.25, -0.2) is 4.79 Å². The third-order valence-electron chi connectivity index (χ3n) is 4.48. The highest BCUT2D eigenvalue weighted by Crippen LogP contribution is 2.30. The maximum absolute atomic E-state index is 12.3. The van der Waals surface area contributed by atoms with E-state index in [-0.39, 0.29) is 11.3 Å². The van der Waals surface area contributed by atoms with Gasteiger partial charge in [-0.2, -0.15) is 0 Å². The fourth-order valence-corrected chi connectivity index (χ4v) is 3.16. The third kappa shape index (κ3) is 2.95. The van der Waals surface area contributed by atoms with Crippen molar-refractivity contribution in [3.05, 3.63) is 84.6 Å². The van der Waals surface area contributed by atoms with Gasteiger partial charge in [0.05, 0.1) is 11.1 Å². The highest BCUT2D eigenvalue weighted by atomic mass is 16.4. The van der Waals surface area contributed by atoms with Crippen molar-refractivity contribution in [3.63, 3.8) is 0 Å². The first-order chi connectivity index (χ1) is 13.0. The van der Waals surface area contributed by atoms with Crippen LogP contribution < -0.4 is 0 Å². The summed E-state index contributed by atoms with van der Waals surface area (Å²) in [5.74, 6) is -2.32. The summed E-state index contributed by atoms with van der Waals surface area (Å²) >= 11 is 0. The monoisotopic (exact) mass is 357 g/mol. The van der Waals surface area contributed by atoms with Gasteiger partial charge in [0.1, 0.15) is 5.75 Å². The minimum absolute atomic E-state index is 0.128. The quantitative estimate of drug-likeness (QED) is 0.422. The number of ketones is 1. The van der Waals surface area contributed by atoms with E-state index in [0.717, 1.165) is 16.8 Å². The number of Topliss-reactive ketones (excluding diaryl/α,β-unsaturated/α-hetero) is 1. The van der Waals surface area contributed by atoms with Crippen molar-refractivity contribution in [2.45, 2.75) is 0 Å². The molecule has 0 fully saturated rings. The summed E-state index contributed by atoms with van der Waals surface area (Å²) in [6, 6.07) is 21.8. The second-order valence-corrected chi connectivity index (χ2v) is 6.16. The smallest absolute Gasteiger partial charge is 0.377 e. The number of fused-ring (bicyclic) bond motifs is 1. The molecule has 4 rings (SSSR count). The van der Waals surface area contributed by atoms with Crippen LogP contribution in [0.4, 0.5) is 0 Å². The van der Waals surface area contributed by atoms with Gasteiger partial charge in [-0.05, 0) is 47.5 Å². The number of phenolic OH excluding ortho intramolecular Hbond substituents is 1. The molecule has 0 spiro atoms. The third-order valence-corrected chi connectivity index (χ3v) is 4.48. The summed E-state index contributed by atoms with van der Waals surface area (Å²) in [4.78, 5) is 23.5. The van der Waals surface area contributed by atoms with Gasteiger partial charge in [0, 0.05) is 17.3 Å². The molecule has 0 aliphatic carbocycles. The Bertz CT molecular complexity index is 1160. The standard InChI is InChI=1S/C22H15NO4/c24-17-9-7-16(8-10-17)23-13-19(21(25)22(26)27)18-12-15(6-11-20(18)23)14-4-2-1-3-5-14/h1-13,24H,(H,26,27). The average Bonchev–Trinajstić information content (AvgIpc) is 3.07. The van der Waals surface area contributed by atoms with Crippen molar-refractivity contribution in [2.75, 3.05) is 0 Å². The fraction of sp³-hybridized carbons (Fsp3) is 0. The number of carbonyl (C=O) groups excluding carboxylic acids is 1. The van der Waals surface area contributed by atoms with Crippen molar-refractivity contribution >= 4 is 22.7 Å². The molecule has 1 heterocycles. The lowest BCUT2D eigenvalue weighted by Gasteiger charge is -2.07. The van der Waals surface area contributed by atoms with E-state index in [1.807, 2.05) is 48.5 Å². The first-order valence-electron chi connectivity index (χ1n) is 8.32. The highest BCUT2D eigenvalue weighted by molar-refractivity contribution is 6.42. The summed E-state index contributed by atoms with van der Waals surface area (Å²) in [6.45, 7) is 0. The zero-order chi connectivity index (χ0) is 19.0. The van der Waals surface area contributed by atoms with Crippen molar-refractivity contribution in [3.8, 4) is 22.6 Å². The number of aromatic hydroxyl groups is 1. The van der Waals surface area contributed by atoms with Crippen LogP contribution in [0.25, 0.3) is 27.7 Å². The molecule has 0 aliphatic rings. The van der Waals surface area contributed by atoms with Crippen molar-refractivity contribution in [2.24, 2.45) is 0 Å². The molecule has 0 saturated carbocycles. The van der Waals surface area contributed by atoms with Crippen LogP contribution in [0.2, 0.25) is 0 Å². The number of aliphatic carboxylic acids is 1. The lowest BCUT2D eigenvalue weighted by molar-refractivity contribution is -0.131. The molecule has 5 heteroatoms. The molecule has 0 unspecified atom stereocenters. The van der Waals surface area contributed by atoms with E-state index in [4.69, 9.17) is 0 Å². The number of hydrogen-bond acceptors (Lipinski definition) is 3. The Balaban J connectivity index is 1.97. The van der Waals surface area contributed by atoms with Crippen LogP contribution in [-0.4, -0.2) is 26.5 Å². The molecule has 0 aliphatic heterocycles. The molecule has 132 valence electrons. The first kappa shape index (κ1) is 16.6. The van der Waals surface area contributed by atoms with Crippen LogP contribution in [0.3, 0.4) is 0 Å². The van der Waals surface area contributed by atoms with Gasteiger partial charge in [-0.3, -0.25) is 4.79 Å². The number of aromatic nitrogens is 1. The molecule has 2 N–H and O–H groups in total. The number of carbonyl (C=O) groups is 2. The molecular weight excluding hydrogens is 342 g/mol. The first-order valence-corrected chi connectivity index (χ1v) is 8.32. The van der Waals surface area contributed by atoms with Gasteiger partial charge in [0.25, 0.3) is 5.78 Å². The van der Waals surface area contributed by atoms with Crippen LogP contribution in [0.5, 0.6) is 5.75 Å². The van der Waals surface area contributed by atoms with E-state index in [1.54, 1.807) is 16.7 Å². The van der Waals surface area contributed by atoms with E-state index in [2.05, 4.69) is 0 Å². The summed E-state index contributed by atoms with van der Waals surface area (Å²) in [6.07, 6.45) is 1.53. The number of hydrogen-bond donors (Lipinski definition) is 2. The molecule has 5 nitrogen and oxygen atoms in total. The summed E-state index contributed by atoms with van der Waals surface area (Å²) < 4.78 is 1.75. The van der Waals surface area contributed by atoms with Gasteiger partial charge < -0.3 is 14.8 Å². The zero-order valence-electron chi connectivity index (χ0n) is 14.2. The molecule has 27 heavy (non-hydrogen) atoms. The van der Waals surface area contributed by atoms with Gasteiger partial charge in [-0.1, -0.05) is 36.4 Å². The Labute approximate surface area is 154 Å². The molecule has 0 saturated heterocycles. The van der Waals surface area contributed by atoms with Crippen LogP contribution in [-0.2, 0) is 4.79 Å². The second-order valence-electron chi connectivity index (χ2n) is 6.16. The number of rotatable bonds is 4.